The lowest BCUT2D eigenvalue weighted by Crippen LogP contribution is -2.45. The molecule has 1 atom stereocenters. The molecule has 140 valence electrons. The van der Waals surface area contributed by atoms with Gasteiger partial charge in [0.1, 0.15) is 0 Å². The van der Waals surface area contributed by atoms with E-state index in [1.807, 2.05) is 0 Å². The van der Waals surface area contributed by atoms with Gasteiger partial charge >= 0.3 is 0 Å². The van der Waals surface area contributed by atoms with Crippen LogP contribution in [0.5, 0.6) is 0 Å². The highest BCUT2D eigenvalue weighted by molar-refractivity contribution is 7.89. The third kappa shape index (κ3) is 5.78. The van der Waals surface area contributed by atoms with Crippen LogP contribution in [0.25, 0.3) is 0 Å². The molecular formula is C17H26N2O5S. The lowest BCUT2D eigenvalue weighted by molar-refractivity contribution is -0.126. The molecular weight excluding hydrogens is 344 g/mol. The van der Waals surface area contributed by atoms with Gasteiger partial charge in [0.25, 0.3) is 0 Å². The number of rotatable bonds is 9. The summed E-state index contributed by atoms with van der Waals surface area (Å²) in [5, 5.41) is 11.4. The molecule has 1 aliphatic rings. The molecule has 2 N–H and O–H groups in total. The quantitative estimate of drug-likeness (QED) is 0.621. The number of aliphatic hydroxyl groups excluding tert-OH is 1. The highest BCUT2D eigenvalue weighted by atomic mass is 32.2. The summed E-state index contributed by atoms with van der Waals surface area (Å²) in [5.74, 6) is -0.444. The molecule has 2 rings (SSSR count). The zero-order valence-electron chi connectivity index (χ0n) is 14.3. The van der Waals surface area contributed by atoms with Crippen LogP contribution in [-0.4, -0.2) is 63.2 Å². The van der Waals surface area contributed by atoms with Crippen LogP contribution in [0.4, 0.5) is 0 Å². The minimum absolute atomic E-state index is 0.0137. The number of hydrogen-bond acceptors (Lipinski definition) is 5. The van der Waals surface area contributed by atoms with Crippen LogP contribution in [0.15, 0.2) is 35.2 Å². The molecule has 0 saturated carbocycles. The maximum atomic E-state index is 12.7. The first-order chi connectivity index (χ1) is 12.1. The Labute approximate surface area is 149 Å². The van der Waals surface area contributed by atoms with E-state index >= 15 is 0 Å². The van der Waals surface area contributed by atoms with Gasteiger partial charge in [0, 0.05) is 26.2 Å². The van der Waals surface area contributed by atoms with E-state index in [-0.39, 0.29) is 29.9 Å². The third-order valence-corrected chi connectivity index (χ3v) is 6.02. The van der Waals surface area contributed by atoms with Gasteiger partial charge in [0.05, 0.1) is 24.0 Å². The molecule has 0 radical (unpaired) electrons. The van der Waals surface area contributed by atoms with Crippen molar-refractivity contribution in [1.82, 2.24) is 9.62 Å². The van der Waals surface area contributed by atoms with Crippen molar-refractivity contribution >= 4 is 15.9 Å². The standard InChI is InChI=1S/C17H26N2O5S/c20-11-13-24-12-5-9-18-17(21)15-6-4-10-19(14-15)25(22,23)16-7-2-1-3-8-16/h1-3,7-8,15,20H,4-6,9-14H2,(H,18,21)/t15-/m0/s1. The van der Waals surface area contributed by atoms with Gasteiger partial charge < -0.3 is 15.2 Å². The number of sulfonamides is 1. The second-order valence-electron chi connectivity index (χ2n) is 6.00. The summed E-state index contributed by atoms with van der Waals surface area (Å²) in [5.41, 5.74) is 0. The van der Waals surface area contributed by atoms with Gasteiger partial charge in [-0.15, -0.1) is 0 Å². The average Bonchev–Trinajstić information content (AvgIpc) is 2.65. The Hall–Kier alpha value is -1.48. The average molecular weight is 370 g/mol. The normalized spacial score (nSPS) is 18.8. The number of nitrogens with zero attached hydrogens (tertiary/aromatic N) is 1. The lowest BCUT2D eigenvalue weighted by atomic mass is 9.99. The fraction of sp³-hybridized carbons (Fsp3) is 0.588. The number of hydrogen-bond donors (Lipinski definition) is 2. The second-order valence-corrected chi connectivity index (χ2v) is 7.93. The number of amides is 1. The zero-order chi connectivity index (χ0) is 18.1. The summed E-state index contributed by atoms with van der Waals surface area (Å²) in [6.07, 6.45) is 2.02. The fourth-order valence-electron chi connectivity index (χ4n) is 2.81. The maximum Gasteiger partial charge on any atom is 0.243 e. The summed E-state index contributed by atoms with van der Waals surface area (Å²) in [6.45, 7) is 1.88. The molecule has 1 amide bonds. The van der Waals surface area contributed by atoms with Crippen molar-refractivity contribution in [2.75, 3.05) is 39.5 Å². The van der Waals surface area contributed by atoms with Gasteiger partial charge in [-0.2, -0.15) is 4.31 Å². The summed E-state index contributed by atoms with van der Waals surface area (Å²) in [6, 6.07) is 8.31. The molecule has 1 fully saturated rings. The van der Waals surface area contributed by atoms with Crippen LogP contribution < -0.4 is 5.32 Å². The van der Waals surface area contributed by atoms with E-state index in [0.29, 0.717) is 45.6 Å². The molecule has 0 spiro atoms. The predicted molar refractivity (Wildman–Crippen MR) is 93.5 cm³/mol. The molecule has 1 aliphatic heterocycles. The Kier molecular flexibility index (Phi) is 7.83. The molecule has 7 nitrogen and oxygen atoms in total. The van der Waals surface area contributed by atoms with E-state index in [1.54, 1.807) is 30.3 Å². The van der Waals surface area contributed by atoms with Gasteiger partial charge in [-0.25, -0.2) is 8.42 Å². The Morgan fingerprint density at radius 1 is 1.28 bits per heavy atom. The van der Waals surface area contributed by atoms with Crippen LogP contribution in [0.1, 0.15) is 19.3 Å². The van der Waals surface area contributed by atoms with Crippen molar-refractivity contribution in [3.05, 3.63) is 30.3 Å². The van der Waals surface area contributed by atoms with Crippen molar-refractivity contribution in [2.45, 2.75) is 24.2 Å². The first-order valence-electron chi connectivity index (χ1n) is 8.57. The third-order valence-electron chi connectivity index (χ3n) is 4.14. The van der Waals surface area contributed by atoms with Gasteiger partial charge in [-0.3, -0.25) is 4.79 Å². The Bertz CT molecular complexity index is 636. The highest BCUT2D eigenvalue weighted by Crippen LogP contribution is 2.23. The summed E-state index contributed by atoms with van der Waals surface area (Å²) in [4.78, 5) is 12.5. The molecule has 0 aromatic heterocycles. The van der Waals surface area contributed by atoms with E-state index in [1.165, 1.54) is 4.31 Å². The summed E-state index contributed by atoms with van der Waals surface area (Å²) < 4.78 is 31.9. The van der Waals surface area contributed by atoms with Gasteiger partial charge in [0.2, 0.25) is 15.9 Å². The van der Waals surface area contributed by atoms with E-state index in [9.17, 15) is 13.2 Å². The highest BCUT2D eigenvalue weighted by Gasteiger charge is 2.33. The summed E-state index contributed by atoms with van der Waals surface area (Å²) >= 11 is 0. The molecule has 0 unspecified atom stereocenters. The number of carbonyl (C=O) groups is 1. The molecule has 1 heterocycles. The van der Waals surface area contributed by atoms with E-state index < -0.39 is 10.0 Å². The van der Waals surface area contributed by atoms with E-state index in [2.05, 4.69) is 5.32 Å². The predicted octanol–water partition coefficient (Wildman–Crippen LogP) is 0.603. The largest absolute Gasteiger partial charge is 0.394 e. The fourth-order valence-corrected chi connectivity index (χ4v) is 4.36. The van der Waals surface area contributed by atoms with Crippen LogP contribution in [0.3, 0.4) is 0 Å². The van der Waals surface area contributed by atoms with E-state index in [4.69, 9.17) is 9.84 Å². The Balaban J connectivity index is 1.85. The SMILES string of the molecule is O=C(NCCCOCCO)[C@H]1CCCN(S(=O)(=O)c2ccccc2)C1. The molecule has 1 aromatic carbocycles. The number of piperidine rings is 1. The van der Waals surface area contributed by atoms with E-state index in [0.717, 1.165) is 0 Å². The smallest absolute Gasteiger partial charge is 0.243 e. The van der Waals surface area contributed by atoms with Crippen molar-refractivity contribution in [3.8, 4) is 0 Å². The Morgan fingerprint density at radius 2 is 2.04 bits per heavy atom. The zero-order valence-corrected chi connectivity index (χ0v) is 15.1. The van der Waals surface area contributed by atoms with Crippen LogP contribution >= 0.6 is 0 Å². The number of nitrogens with one attached hydrogen (secondary N) is 1. The summed E-state index contributed by atoms with van der Waals surface area (Å²) in [7, 11) is -3.55. The molecule has 1 saturated heterocycles. The second kappa shape index (κ2) is 9.86. The van der Waals surface area contributed by atoms with Crippen molar-refractivity contribution in [3.63, 3.8) is 0 Å². The molecule has 0 aliphatic carbocycles. The first-order valence-corrected chi connectivity index (χ1v) is 10.0. The van der Waals surface area contributed by atoms with Crippen LogP contribution in [0.2, 0.25) is 0 Å². The number of benzene rings is 1. The van der Waals surface area contributed by atoms with Crippen molar-refractivity contribution in [1.29, 1.82) is 0 Å². The minimum Gasteiger partial charge on any atom is -0.394 e. The molecule has 8 heteroatoms. The van der Waals surface area contributed by atoms with Crippen molar-refractivity contribution < 1.29 is 23.1 Å². The van der Waals surface area contributed by atoms with Gasteiger partial charge in [-0.05, 0) is 31.4 Å². The lowest BCUT2D eigenvalue weighted by Gasteiger charge is -2.31. The molecule has 1 aromatic rings. The number of carbonyl (C=O) groups excluding carboxylic acids is 1. The van der Waals surface area contributed by atoms with Crippen LogP contribution in [-0.2, 0) is 19.6 Å². The van der Waals surface area contributed by atoms with Crippen molar-refractivity contribution in [2.24, 2.45) is 5.92 Å². The monoisotopic (exact) mass is 370 g/mol. The topological polar surface area (TPSA) is 95.9 Å². The number of aliphatic hydroxyl groups is 1. The maximum absolute atomic E-state index is 12.7. The minimum atomic E-state index is -3.55. The van der Waals surface area contributed by atoms with Gasteiger partial charge in [0.15, 0.2) is 0 Å². The molecule has 25 heavy (non-hydrogen) atoms. The van der Waals surface area contributed by atoms with Gasteiger partial charge in [-0.1, -0.05) is 18.2 Å². The van der Waals surface area contributed by atoms with Crippen LogP contribution in [0, 0.1) is 5.92 Å². The number of ether oxygens (including phenoxy) is 1. The first kappa shape index (κ1) is 19.8. The Morgan fingerprint density at radius 3 is 2.76 bits per heavy atom. The molecule has 0 bridgehead atoms.